The number of hydrogen-bond donors (Lipinski definition) is 2. The van der Waals surface area contributed by atoms with Crippen LogP contribution >= 0.6 is 0 Å². The number of hydrogen-bond acceptors (Lipinski definition) is 5. The molecule has 2 unspecified atom stereocenters. The Morgan fingerprint density at radius 3 is 2.29 bits per heavy atom. The maximum Gasteiger partial charge on any atom is 0.404 e. The Morgan fingerprint density at radius 1 is 1.36 bits per heavy atom. The molecule has 0 aromatic rings. The van der Waals surface area contributed by atoms with Crippen molar-refractivity contribution in [3.63, 3.8) is 0 Å². The minimum Gasteiger partial charge on any atom is -0.446 e. The Morgan fingerprint density at radius 2 is 1.93 bits per heavy atom. The molecule has 14 heavy (non-hydrogen) atoms. The first kappa shape index (κ1) is 12.2. The van der Waals surface area contributed by atoms with E-state index in [9.17, 15) is 14.4 Å². The van der Waals surface area contributed by atoms with Gasteiger partial charge < -0.3 is 25.7 Å². The summed E-state index contributed by atoms with van der Waals surface area (Å²) in [6, 6.07) is 0. The molecule has 0 aliphatic heterocycles. The summed E-state index contributed by atoms with van der Waals surface area (Å²) in [7, 11) is 0. The van der Waals surface area contributed by atoms with Gasteiger partial charge in [0.15, 0.2) is 0 Å². The summed E-state index contributed by atoms with van der Waals surface area (Å²) >= 11 is 0. The third-order valence-corrected chi connectivity index (χ3v) is 1.46. The highest BCUT2D eigenvalue weighted by atomic mass is 16.6. The zero-order valence-corrected chi connectivity index (χ0v) is 7.64. The Bertz CT molecular complexity index is 230. The molecular formula is C7H12N2O5. The van der Waals surface area contributed by atoms with Gasteiger partial charge in [-0.1, -0.05) is 6.92 Å². The second-order valence-electron chi connectivity index (χ2n) is 2.60. The van der Waals surface area contributed by atoms with Crippen LogP contribution in [0.25, 0.3) is 0 Å². The fourth-order valence-corrected chi connectivity index (χ4v) is 0.694. The van der Waals surface area contributed by atoms with Gasteiger partial charge in [0, 0.05) is 0 Å². The molecule has 0 bridgehead atoms. The van der Waals surface area contributed by atoms with Gasteiger partial charge >= 0.3 is 12.2 Å². The van der Waals surface area contributed by atoms with Gasteiger partial charge in [-0.15, -0.1) is 0 Å². The molecule has 0 aliphatic carbocycles. The second kappa shape index (κ2) is 5.79. The van der Waals surface area contributed by atoms with Gasteiger partial charge in [0.2, 0.25) is 0 Å². The maximum absolute atomic E-state index is 10.4. The fraction of sp³-hybridized carbons (Fsp3) is 0.571. The van der Waals surface area contributed by atoms with Crippen molar-refractivity contribution in [3.05, 3.63) is 0 Å². The molecule has 0 spiro atoms. The molecule has 0 saturated heterocycles. The van der Waals surface area contributed by atoms with E-state index in [1.54, 1.807) is 0 Å². The van der Waals surface area contributed by atoms with E-state index in [0.717, 1.165) is 0 Å². The van der Waals surface area contributed by atoms with Crippen molar-refractivity contribution in [3.8, 4) is 0 Å². The van der Waals surface area contributed by atoms with Crippen molar-refractivity contribution in [1.29, 1.82) is 0 Å². The van der Waals surface area contributed by atoms with E-state index in [1.165, 1.54) is 6.92 Å². The van der Waals surface area contributed by atoms with Crippen molar-refractivity contribution >= 4 is 18.5 Å². The minimum atomic E-state index is -1.04. The second-order valence-corrected chi connectivity index (χ2v) is 2.60. The molecule has 0 saturated carbocycles. The van der Waals surface area contributed by atoms with Gasteiger partial charge in [-0.05, 0) is 0 Å². The number of primary amides is 2. The Labute approximate surface area is 80.3 Å². The van der Waals surface area contributed by atoms with Gasteiger partial charge in [0.25, 0.3) is 0 Å². The molecule has 0 fully saturated rings. The lowest BCUT2D eigenvalue weighted by molar-refractivity contribution is -0.114. The van der Waals surface area contributed by atoms with Crippen LogP contribution in [0.1, 0.15) is 6.92 Å². The van der Waals surface area contributed by atoms with E-state index in [0.29, 0.717) is 6.29 Å². The standard InChI is InChI=1S/C7H12N2O5/c1-4(2-10)5(14-7(9)12)3-13-6(8)11/h2,4-5H,3H2,1H3,(H2,8,11)(H2,9,12). The van der Waals surface area contributed by atoms with Crippen molar-refractivity contribution < 1.29 is 23.9 Å². The Hall–Kier alpha value is -1.79. The topological polar surface area (TPSA) is 122 Å². The predicted molar refractivity (Wildman–Crippen MR) is 45.2 cm³/mol. The number of carbonyl (C=O) groups is 3. The van der Waals surface area contributed by atoms with Crippen LogP contribution in [0.4, 0.5) is 9.59 Å². The maximum atomic E-state index is 10.4. The van der Waals surface area contributed by atoms with Crippen molar-refractivity contribution in [2.75, 3.05) is 6.61 Å². The van der Waals surface area contributed by atoms with Gasteiger partial charge in [-0.2, -0.15) is 0 Å². The van der Waals surface area contributed by atoms with Crippen LogP contribution in [-0.2, 0) is 14.3 Å². The van der Waals surface area contributed by atoms with Crippen LogP contribution in [0.15, 0.2) is 0 Å². The first-order valence-electron chi connectivity index (χ1n) is 3.81. The molecule has 2 amide bonds. The van der Waals surface area contributed by atoms with Crippen LogP contribution in [0.3, 0.4) is 0 Å². The normalized spacial score (nSPS) is 13.8. The van der Waals surface area contributed by atoms with Crippen molar-refractivity contribution in [1.82, 2.24) is 0 Å². The summed E-state index contributed by atoms with van der Waals surface area (Å²) in [5.41, 5.74) is 9.44. The molecule has 7 heteroatoms. The minimum absolute atomic E-state index is 0.293. The third-order valence-electron chi connectivity index (χ3n) is 1.46. The number of rotatable bonds is 5. The fourth-order valence-electron chi connectivity index (χ4n) is 0.694. The zero-order valence-electron chi connectivity index (χ0n) is 7.64. The molecule has 0 radical (unpaired) electrons. The first-order chi connectivity index (χ1) is 6.47. The highest BCUT2D eigenvalue weighted by molar-refractivity contribution is 5.66. The average Bonchev–Trinajstić information content (AvgIpc) is 2.10. The Kier molecular flexibility index (Phi) is 5.05. The lowest BCUT2D eigenvalue weighted by atomic mass is 10.1. The van der Waals surface area contributed by atoms with Crippen LogP contribution in [0, 0.1) is 5.92 Å². The SMILES string of the molecule is CC(C=O)C(COC(N)=O)OC(N)=O. The number of aldehydes is 1. The number of carbonyl (C=O) groups excluding carboxylic acids is 3. The first-order valence-corrected chi connectivity index (χ1v) is 3.81. The lowest BCUT2D eigenvalue weighted by Crippen LogP contribution is -2.34. The van der Waals surface area contributed by atoms with E-state index in [2.05, 4.69) is 9.47 Å². The van der Waals surface area contributed by atoms with E-state index in [1.807, 2.05) is 0 Å². The summed E-state index contributed by atoms with van der Waals surface area (Å²) in [5, 5.41) is 0. The van der Waals surface area contributed by atoms with E-state index in [4.69, 9.17) is 11.5 Å². The van der Waals surface area contributed by atoms with Crippen LogP contribution in [0.2, 0.25) is 0 Å². The van der Waals surface area contributed by atoms with Crippen LogP contribution in [0.5, 0.6) is 0 Å². The van der Waals surface area contributed by atoms with Crippen LogP contribution < -0.4 is 11.5 Å². The summed E-state index contributed by atoms with van der Waals surface area (Å²) < 4.78 is 8.90. The number of ether oxygens (including phenoxy) is 2. The Balaban J connectivity index is 4.16. The smallest absolute Gasteiger partial charge is 0.404 e. The molecule has 80 valence electrons. The molecule has 7 nitrogen and oxygen atoms in total. The summed E-state index contributed by atoms with van der Waals surface area (Å²) in [5.74, 6) is -0.623. The van der Waals surface area contributed by atoms with Crippen LogP contribution in [-0.4, -0.2) is 31.2 Å². The van der Waals surface area contributed by atoms with Crippen molar-refractivity contribution in [2.45, 2.75) is 13.0 Å². The molecule has 0 aliphatic rings. The molecule has 0 rings (SSSR count). The summed E-state index contributed by atoms with van der Waals surface area (Å²) in [6.45, 7) is 1.20. The summed E-state index contributed by atoms with van der Waals surface area (Å²) in [6.07, 6.45) is -2.41. The van der Waals surface area contributed by atoms with E-state index < -0.39 is 24.2 Å². The van der Waals surface area contributed by atoms with E-state index >= 15 is 0 Å². The van der Waals surface area contributed by atoms with Gasteiger partial charge in [-0.3, -0.25) is 0 Å². The van der Waals surface area contributed by atoms with Gasteiger partial charge in [-0.25, -0.2) is 9.59 Å². The molecule has 2 atom stereocenters. The quantitative estimate of drug-likeness (QED) is 0.578. The highest BCUT2D eigenvalue weighted by Crippen LogP contribution is 2.05. The van der Waals surface area contributed by atoms with E-state index in [-0.39, 0.29) is 6.61 Å². The lowest BCUT2D eigenvalue weighted by Gasteiger charge is -2.18. The molecule has 4 N–H and O–H groups in total. The molecule has 0 heterocycles. The average molecular weight is 204 g/mol. The predicted octanol–water partition coefficient (Wildman–Crippen LogP) is -0.619. The molecule has 0 aromatic heterocycles. The third kappa shape index (κ3) is 4.96. The largest absolute Gasteiger partial charge is 0.446 e. The molecular weight excluding hydrogens is 192 g/mol. The van der Waals surface area contributed by atoms with Crippen molar-refractivity contribution in [2.24, 2.45) is 17.4 Å². The zero-order chi connectivity index (χ0) is 11.1. The van der Waals surface area contributed by atoms with Gasteiger partial charge in [0.1, 0.15) is 19.0 Å². The summed E-state index contributed by atoms with van der Waals surface area (Å²) in [4.78, 5) is 31.0. The highest BCUT2D eigenvalue weighted by Gasteiger charge is 2.21. The molecule has 0 aromatic carbocycles. The monoisotopic (exact) mass is 204 g/mol. The van der Waals surface area contributed by atoms with Gasteiger partial charge in [0.05, 0.1) is 5.92 Å². The number of amides is 2. The number of nitrogens with two attached hydrogens (primary N) is 2.